The SMILES string of the molecule is CCOc1ccc2cc(C(=O)N[C@@H]3CCN(Cc4ccc(F)cc4)C3=O)[nH]c2c1. The van der Waals surface area contributed by atoms with Crippen LogP contribution < -0.4 is 10.1 Å². The van der Waals surface area contributed by atoms with Gasteiger partial charge in [0.15, 0.2) is 0 Å². The largest absolute Gasteiger partial charge is 0.494 e. The summed E-state index contributed by atoms with van der Waals surface area (Å²) >= 11 is 0. The molecule has 1 fully saturated rings. The molecule has 2 aromatic carbocycles. The molecule has 2 N–H and O–H groups in total. The van der Waals surface area contributed by atoms with Crippen LogP contribution in [0.25, 0.3) is 10.9 Å². The number of fused-ring (bicyclic) bond motifs is 1. The second kappa shape index (κ2) is 7.95. The number of hydrogen-bond acceptors (Lipinski definition) is 3. The zero-order chi connectivity index (χ0) is 20.4. The molecule has 1 aliphatic heterocycles. The number of halogens is 1. The molecule has 6 nitrogen and oxygen atoms in total. The number of ether oxygens (including phenoxy) is 1. The molecule has 3 aromatic rings. The van der Waals surface area contributed by atoms with Crippen LogP contribution in [0, 0.1) is 5.82 Å². The summed E-state index contributed by atoms with van der Waals surface area (Å²) < 4.78 is 18.5. The molecule has 0 bridgehead atoms. The number of aromatic amines is 1. The number of amides is 2. The third kappa shape index (κ3) is 4.08. The minimum atomic E-state index is -0.562. The van der Waals surface area contributed by atoms with E-state index in [9.17, 15) is 14.0 Å². The molecule has 1 aliphatic rings. The Morgan fingerprint density at radius 2 is 2.03 bits per heavy atom. The normalized spacial score (nSPS) is 16.4. The van der Waals surface area contributed by atoms with E-state index in [-0.39, 0.29) is 17.6 Å². The molecule has 1 saturated heterocycles. The highest BCUT2D eigenvalue weighted by atomic mass is 19.1. The van der Waals surface area contributed by atoms with Crippen molar-refractivity contribution in [1.82, 2.24) is 15.2 Å². The summed E-state index contributed by atoms with van der Waals surface area (Å²) in [4.78, 5) is 30.1. The van der Waals surface area contributed by atoms with E-state index in [2.05, 4.69) is 10.3 Å². The maximum atomic E-state index is 13.0. The Balaban J connectivity index is 1.41. The molecule has 150 valence electrons. The van der Waals surface area contributed by atoms with Gasteiger partial charge in [0.2, 0.25) is 5.91 Å². The smallest absolute Gasteiger partial charge is 0.268 e. The third-order valence-electron chi connectivity index (χ3n) is 5.04. The minimum Gasteiger partial charge on any atom is -0.494 e. The average Bonchev–Trinajstić information content (AvgIpc) is 3.28. The van der Waals surface area contributed by atoms with E-state index in [4.69, 9.17) is 4.74 Å². The zero-order valence-corrected chi connectivity index (χ0v) is 16.1. The van der Waals surface area contributed by atoms with E-state index < -0.39 is 6.04 Å². The Hall–Kier alpha value is -3.35. The highest BCUT2D eigenvalue weighted by Crippen LogP contribution is 2.22. The number of rotatable bonds is 6. The molecule has 0 unspecified atom stereocenters. The Kier molecular flexibility index (Phi) is 5.20. The first-order valence-electron chi connectivity index (χ1n) is 9.63. The number of nitrogens with one attached hydrogen (secondary N) is 2. The van der Waals surface area contributed by atoms with Crippen molar-refractivity contribution in [3.8, 4) is 5.75 Å². The quantitative estimate of drug-likeness (QED) is 0.673. The molecule has 4 rings (SSSR count). The zero-order valence-electron chi connectivity index (χ0n) is 16.1. The van der Waals surface area contributed by atoms with Gasteiger partial charge in [-0.05, 0) is 49.2 Å². The van der Waals surface area contributed by atoms with Crippen LogP contribution in [0.2, 0.25) is 0 Å². The summed E-state index contributed by atoms with van der Waals surface area (Å²) in [5.74, 6) is -0.0203. The van der Waals surface area contributed by atoms with Crippen LogP contribution in [0.5, 0.6) is 5.75 Å². The van der Waals surface area contributed by atoms with E-state index in [1.807, 2.05) is 25.1 Å². The maximum Gasteiger partial charge on any atom is 0.268 e. The first-order chi connectivity index (χ1) is 14.0. The van der Waals surface area contributed by atoms with Crippen molar-refractivity contribution in [2.45, 2.75) is 25.9 Å². The predicted octanol–water partition coefficient (Wildman–Crippen LogP) is 3.24. The summed E-state index contributed by atoms with van der Waals surface area (Å²) in [5, 5.41) is 3.72. The first-order valence-corrected chi connectivity index (χ1v) is 9.63. The Bertz CT molecular complexity index is 1050. The predicted molar refractivity (Wildman–Crippen MR) is 107 cm³/mol. The topological polar surface area (TPSA) is 74.4 Å². The van der Waals surface area contributed by atoms with E-state index >= 15 is 0 Å². The van der Waals surface area contributed by atoms with Gasteiger partial charge in [-0.3, -0.25) is 9.59 Å². The molecular weight excluding hydrogens is 373 g/mol. The fourth-order valence-corrected chi connectivity index (χ4v) is 3.56. The van der Waals surface area contributed by atoms with Gasteiger partial charge >= 0.3 is 0 Å². The lowest BCUT2D eigenvalue weighted by Gasteiger charge is -2.17. The number of H-pyrrole nitrogens is 1. The van der Waals surface area contributed by atoms with Crippen LogP contribution >= 0.6 is 0 Å². The van der Waals surface area contributed by atoms with Crippen molar-refractivity contribution in [2.24, 2.45) is 0 Å². The number of carbonyl (C=O) groups is 2. The lowest BCUT2D eigenvalue weighted by Crippen LogP contribution is -2.41. The third-order valence-corrected chi connectivity index (χ3v) is 5.04. The lowest BCUT2D eigenvalue weighted by molar-refractivity contribution is -0.129. The van der Waals surface area contributed by atoms with Crippen molar-refractivity contribution in [3.05, 3.63) is 65.6 Å². The molecular formula is C22H22FN3O3. The molecule has 7 heteroatoms. The standard InChI is InChI=1S/C22H22FN3O3/c1-2-29-17-8-5-15-11-20(24-19(15)12-17)21(27)25-18-9-10-26(22(18)28)13-14-3-6-16(23)7-4-14/h3-8,11-12,18,24H,2,9-10,13H2,1H3,(H,25,27)/t18-/m1/s1. The maximum absolute atomic E-state index is 13.0. The highest BCUT2D eigenvalue weighted by Gasteiger charge is 2.33. The van der Waals surface area contributed by atoms with Crippen LogP contribution in [-0.2, 0) is 11.3 Å². The van der Waals surface area contributed by atoms with E-state index in [1.54, 1.807) is 23.1 Å². The summed E-state index contributed by atoms with van der Waals surface area (Å²) in [5.41, 5.74) is 2.06. The van der Waals surface area contributed by atoms with Gasteiger partial charge in [-0.2, -0.15) is 0 Å². The molecule has 1 aromatic heterocycles. The molecule has 2 heterocycles. The van der Waals surface area contributed by atoms with Gasteiger partial charge in [0, 0.05) is 30.1 Å². The monoisotopic (exact) mass is 395 g/mol. The number of aromatic nitrogens is 1. The van der Waals surface area contributed by atoms with Gasteiger partial charge in [-0.1, -0.05) is 12.1 Å². The van der Waals surface area contributed by atoms with E-state index in [1.165, 1.54) is 12.1 Å². The molecule has 1 atom stereocenters. The Labute approximate surface area is 167 Å². The van der Waals surface area contributed by atoms with Gasteiger partial charge < -0.3 is 19.9 Å². The van der Waals surface area contributed by atoms with Crippen LogP contribution in [0.15, 0.2) is 48.5 Å². The Morgan fingerprint density at radius 3 is 2.79 bits per heavy atom. The number of carbonyl (C=O) groups excluding carboxylic acids is 2. The number of nitrogens with zero attached hydrogens (tertiary/aromatic N) is 1. The molecule has 2 amide bonds. The van der Waals surface area contributed by atoms with E-state index in [0.717, 1.165) is 22.2 Å². The van der Waals surface area contributed by atoms with Crippen molar-refractivity contribution in [1.29, 1.82) is 0 Å². The van der Waals surface area contributed by atoms with Gasteiger partial charge in [-0.25, -0.2) is 4.39 Å². The lowest BCUT2D eigenvalue weighted by atomic mass is 10.2. The van der Waals surface area contributed by atoms with Gasteiger partial charge in [0.05, 0.1) is 6.61 Å². The van der Waals surface area contributed by atoms with Gasteiger partial charge in [0.1, 0.15) is 23.3 Å². The molecule has 0 saturated carbocycles. The highest BCUT2D eigenvalue weighted by molar-refractivity contribution is 6.00. The summed E-state index contributed by atoms with van der Waals surface area (Å²) in [6.45, 7) is 3.43. The number of benzene rings is 2. The van der Waals surface area contributed by atoms with Crippen molar-refractivity contribution < 1.29 is 18.7 Å². The summed E-state index contributed by atoms with van der Waals surface area (Å²) in [6, 6.07) is 12.9. The van der Waals surface area contributed by atoms with Crippen molar-refractivity contribution in [2.75, 3.05) is 13.2 Å². The number of likely N-dealkylation sites (tertiary alicyclic amines) is 1. The Morgan fingerprint density at radius 1 is 1.24 bits per heavy atom. The molecule has 29 heavy (non-hydrogen) atoms. The van der Waals surface area contributed by atoms with Crippen LogP contribution in [0.1, 0.15) is 29.4 Å². The van der Waals surface area contributed by atoms with Crippen LogP contribution in [0.3, 0.4) is 0 Å². The van der Waals surface area contributed by atoms with Crippen LogP contribution in [-0.4, -0.2) is 40.9 Å². The molecule has 0 radical (unpaired) electrons. The van der Waals surface area contributed by atoms with Gasteiger partial charge in [0.25, 0.3) is 5.91 Å². The van der Waals surface area contributed by atoms with E-state index in [0.29, 0.717) is 31.8 Å². The summed E-state index contributed by atoms with van der Waals surface area (Å²) in [7, 11) is 0. The average molecular weight is 395 g/mol. The second-order valence-electron chi connectivity index (χ2n) is 7.07. The first kappa shape index (κ1) is 19.0. The fourth-order valence-electron chi connectivity index (χ4n) is 3.56. The van der Waals surface area contributed by atoms with Gasteiger partial charge in [-0.15, -0.1) is 0 Å². The summed E-state index contributed by atoms with van der Waals surface area (Å²) in [6.07, 6.45) is 0.542. The van der Waals surface area contributed by atoms with Crippen molar-refractivity contribution >= 4 is 22.7 Å². The molecule has 0 aliphatic carbocycles. The number of hydrogen-bond donors (Lipinski definition) is 2. The second-order valence-corrected chi connectivity index (χ2v) is 7.07. The minimum absolute atomic E-state index is 0.127. The fraction of sp³-hybridized carbons (Fsp3) is 0.273. The van der Waals surface area contributed by atoms with Crippen molar-refractivity contribution in [3.63, 3.8) is 0 Å². The van der Waals surface area contributed by atoms with Crippen LogP contribution in [0.4, 0.5) is 4.39 Å². The molecule has 0 spiro atoms.